The van der Waals surface area contributed by atoms with Crippen molar-refractivity contribution in [3.05, 3.63) is 47.3 Å². The highest BCUT2D eigenvalue weighted by atomic mass is 16.5. The van der Waals surface area contributed by atoms with Crippen LogP contribution in [0.2, 0.25) is 0 Å². The number of aromatic nitrogens is 1. The van der Waals surface area contributed by atoms with Crippen LogP contribution in [0.3, 0.4) is 0 Å². The van der Waals surface area contributed by atoms with Gasteiger partial charge in [-0.25, -0.2) is 9.78 Å². The van der Waals surface area contributed by atoms with Gasteiger partial charge >= 0.3 is 5.97 Å². The Morgan fingerprint density at radius 1 is 1.36 bits per heavy atom. The van der Waals surface area contributed by atoms with E-state index in [-0.39, 0.29) is 11.7 Å². The summed E-state index contributed by atoms with van der Waals surface area (Å²) < 4.78 is 5.21. The molecule has 3 aliphatic rings. The molecular formula is C20H22N2O3. The number of nitrogens with zero attached hydrogens (tertiary/aromatic N) is 1. The summed E-state index contributed by atoms with van der Waals surface area (Å²) in [6, 6.07) is 7.02. The molecule has 1 fully saturated rings. The number of nitrogens with one attached hydrogen (secondary N) is 1. The van der Waals surface area contributed by atoms with Gasteiger partial charge in [0.05, 0.1) is 18.5 Å². The van der Waals surface area contributed by atoms with Crippen molar-refractivity contribution in [2.75, 3.05) is 11.9 Å². The van der Waals surface area contributed by atoms with Crippen molar-refractivity contribution in [3.8, 4) is 5.75 Å². The van der Waals surface area contributed by atoms with Gasteiger partial charge in [0.1, 0.15) is 5.75 Å². The number of phenols is 1. The highest BCUT2D eigenvalue weighted by molar-refractivity contribution is 5.91. The standard InChI is InChI=1S/C20H22N2O3/c1-3-25-20(24)19-17-11(2)12-7-13(8-12)18(17)16(10-21-19)22-14-5-4-6-15(23)9-14/h4-6,9-13,22-23H,3,7-8H2,1-2H3. The second kappa shape index (κ2) is 6.06. The lowest BCUT2D eigenvalue weighted by molar-refractivity contribution is 0.0514. The number of esters is 1. The maximum absolute atomic E-state index is 12.4. The van der Waals surface area contributed by atoms with E-state index in [1.807, 2.05) is 13.0 Å². The maximum Gasteiger partial charge on any atom is 0.357 e. The first-order valence-corrected chi connectivity index (χ1v) is 8.84. The molecule has 2 aromatic rings. The maximum atomic E-state index is 12.4. The Kier molecular flexibility index (Phi) is 3.86. The minimum atomic E-state index is -0.337. The van der Waals surface area contributed by atoms with Gasteiger partial charge in [0.2, 0.25) is 0 Å². The summed E-state index contributed by atoms with van der Waals surface area (Å²) in [6.07, 6.45) is 4.05. The Morgan fingerprint density at radius 2 is 2.16 bits per heavy atom. The van der Waals surface area contributed by atoms with Gasteiger partial charge in [-0.2, -0.15) is 0 Å². The lowest BCUT2D eigenvalue weighted by atomic mass is 9.57. The number of ether oxygens (including phenoxy) is 1. The van der Waals surface area contributed by atoms with Gasteiger partial charge in [-0.15, -0.1) is 0 Å². The van der Waals surface area contributed by atoms with Crippen molar-refractivity contribution in [1.29, 1.82) is 0 Å². The fourth-order valence-electron chi connectivity index (χ4n) is 4.18. The average molecular weight is 338 g/mol. The molecule has 1 aromatic heterocycles. The Morgan fingerprint density at radius 3 is 2.88 bits per heavy atom. The van der Waals surface area contributed by atoms with Crippen LogP contribution in [0.4, 0.5) is 11.4 Å². The first-order valence-electron chi connectivity index (χ1n) is 8.84. The molecule has 2 N–H and O–H groups in total. The lowest BCUT2D eigenvalue weighted by Crippen LogP contribution is -2.35. The van der Waals surface area contributed by atoms with E-state index in [2.05, 4.69) is 17.2 Å². The third-order valence-electron chi connectivity index (χ3n) is 5.50. The summed E-state index contributed by atoms with van der Waals surface area (Å²) in [5.41, 5.74) is 4.42. The number of aromatic hydroxyl groups is 1. The van der Waals surface area contributed by atoms with Crippen LogP contribution in [0.25, 0.3) is 0 Å². The fraction of sp³-hybridized carbons (Fsp3) is 0.400. The fourth-order valence-corrected chi connectivity index (χ4v) is 4.18. The normalized spacial score (nSPS) is 23.4. The first-order chi connectivity index (χ1) is 12.1. The minimum Gasteiger partial charge on any atom is -0.508 e. The molecule has 1 heterocycles. The number of benzene rings is 1. The topological polar surface area (TPSA) is 71.5 Å². The molecule has 5 rings (SSSR count). The number of hydrogen-bond acceptors (Lipinski definition) is 5. The van der Waals surface area contributed by atoms with Gasteiger partial charge in [0.25, 0.3) is 0 Å². The summed E-state index contributed by atoms with van der Waals surface area (Å²) in [5, 5.41) is 13.1. The van der Waals surface area contributed by atoms with Crippen LogP contribution < -0.4 is 5.32 Å². The molecule has 25 heavy (non-hydrogen) atoms. The monoisotopic (exact) mass is 338 g/mol. The van der Waals surface area contributed by atoms with E-state index in [9.17, 15) is 9.90 Å². The molecule has 5 heteroatoms. The summed E-state index contributed by atoms with van der Waals surface area (Å²) >= 11 is 0. The first kappa shape index (κ1) is 15.9. The van der Waals surface area contributed by atoms with Gasteiger partial charge in [0, 0.05) is 11.8 Å². The molecular weight excluding hydrogens is 316 g/mol. The number of phenolic OH excluding ortho intramolecular Hbond substituents is 1. The van der Waals surface area contributed by atoms with Crippen molar-refractivity contribution in [3.63, 3.8) is 0 Å². The number of pyridine rings is 1. The zero-order valence-corrected chi connectivity index (χ0v) is 14.5. The van der Waals surface area contributed by atoms with Crippen LogP contribution in [0.5, 0.6) is 5.75 Å². The van der Waals surface area contributed by atoms with Crippen LogP contribution in [0.15, 0.2) is 30.5 Å². The lowest BCUT2D eigenvalue weighted by Gasteiger charge is -2.48. The van der Waals surface area contributed by atoms with Crippen LogP contribution in [0, 0.1) is 5.92 Å². The summed E-state index contributed by atoms with van der Waals surface area (Å²) in [7, 11) is 0. The molecule has 130 valence electrons. The van der Waals surface area contributed by atoms with E-state index >= 15 is 0 Å². The van der Waals surface area contributed by atoms with Gasteiger partial charge in [-0.1, -0.05) is 13.0 Å². The number of carbonyl (C=O) groups excluding carboxylic acids is 1. The molecule has 1 unspecified atom stereocenters. The van der Waals surface area contributed by atoms with E-state index in [1.54, 1.807) is 24.4 Å². The van der Waals surface area contributed by atoms with Crippen LogP contribution in [-0.2, 0) is 4.74 Å². The molecule has 0 spiro atoms. The third-order valence-corrected chi connectivity index (χ3v) is 5.50. The van der Waals surface area contributed by atoms with Gasteiger partial charge in [-0.05, 0) is 60.8 Å². The van der Waals surface area contributed by atoms with E-state index in [4.69, 9.17) is 4.74 Å². The van der Waals surface area contributed by atoms with Crippen molar-refractivity contribution in [1.82, 2.24) is 4.98 Å². The summed E-state index contributed by atoms with van der Waals surface area (Å²) in [6.45, 7) is 4.34. The van der Waals surface area contributed by atoms with Crippen LogP contribution >= 0.6 is 0 Å². The molecule has 2 bridgehead atoms. The van der Waals surface area contributed by atoms with E-state index in [0.717, 1.165) is 29.8 Å². The zero-order chi connectivity index (χ0) is 17.6. The van der Waals surface area contributed by atoms with Crippen molar-refractivity contribution < 1.29 is 14.6 Å². The highest BCUT2D eigenvalue weighted by Crippen LogP contribution is 2.58. The number of rotatable bonds is 4. The van der Waals surface area contributed by atoms with Crippen molar-refractivity contribution >= 4 is 17.3 Å². The number of anilines is 2. The summed E-state index contributed by atoms with van der Waals surface area (Å²) in [4.78, 5) is 16.8. The molecule has 0 aliphatic heterocycles. The molecule has 0 amide bonds. The van der Waals surface area contributed by atoms with Gasteiger partial charge in [0.15, 0.2) is 5.69 Å². The molecule has 0 radical (unpaired) electrons. The smallest absolute Gasteiger partial charge is 0.357 e. The predicted octanol–water partition coefficient (Wildman–Crippen LogP) is 4.32. The second-order valence-electron chi connectivity index (χ2n) is 6.96. The molecule has 3 aliphatic carbocycles. The average Bonchev–Trinajstić information content (AvgIpc) is 2.54. The van der Waals surface area contributed by atoms with Gasteiger partial charge < -0.3 is 15.2 Å². The third kappa shape index (κ3) is 2.64. The van der Waals surface area contributed by atoms with E-state index < -0.39 is 0 Å². The van der Waals surface area contributed by atoms with Gasteiger partial charge in [-0.3, -0.25) is 0 Å². The Bertz CT molecular complexity index is 828. The predicted molar refractivity (Wildman–Crippen MR) is 95.5 cm³/mol. The summed E-state index contributed by atoms with van der Waals surface area (Å²) in [5.74, 6) is 1.27. The largest absolute Gasteiger partial charge is 0.508 e. The quantitative estimate of drug-likeness (QED) is 0.813. The van der Waals surface area contributed by atoms with E-state index in [1.165, 1.54) is 5.56 Å². The second-order valence-corrected chi connectivity index (χ2v) is 6.96. The van der Waals surface area contributed by atoms with E-state index in [0.29, 0.717) is 30.1 Å². The van der Waals surface area contributed by atoms with Crippen molar-refractivity contribution in [2.45, 2.75) is 38.5 Å². The molecule has 1 aromatic carbocycles. The number of carbonyl (C=O) groups is 1. The molecule has 0 saturated heterocycles. The Hall–Kier alpha value is -2.56. The highest BCUT2D eigenvalue weighted by Gasteiger charge is 2.45. The molecule has 1 saturated carbocycles. The Labute approximate surface area is 147 Å². The zero-order valence-electron chi connectivity index (χ0n) is 14.5. The van der Waals surface area contributed by atoms with Crippen molar-refractivity contribution in [2.24, 2.45) is 5.92 Å². The Balaban J connectivity index is 1.79. The minimum absolute atomic E-state index is 0.215. The SMILES string of the molecule is CCOC(=O)c1ncc(Nc2cccc(O)c2)c2c1C(C)C1CC2C1. The van der Waals surface area contributed by atoms with Crippen LogP contribution in [0.1, 0.15) is 60.1 Å². The molecule has 5 nitrogen and oxygen atoms in total. The van der Waals surface area contributed by atoms with Crippen LogP contribution in [-0.4, -0.2) is 22.7 Å². The molecule has 1 atom stereocenters. The number of hydrogen-bond donors (Lipinski definition) is 2.